The van der Waals surface area contributed by atoms with Crippen LogP contribution in [0.1, 0.15) is 18.4 Å². The Labute approximate surface area is 174 Å². The molecule has 1 saturated heterocycles. The summed E-state index contributed by atoms with van der Waals surface area (Å²) in [5, 5.41) is 7.44. The van der Waals surface area contributed by atoms with E-state index in [0.717, 1.165) is 24.9 Å². The zero-order valence-corrected chi connectivity index (χ0v) is 16.5. The van der Waals surface area contributed by atoms with Gasteiger partial charge in [0.15, 0.2) is 0 Å². The zero-order valence-electron chi connectivity index (χ0n) is 16.5. The van der Waals surface area contributed by atoms with E-state index < -0.39 is 5.82 Å². The summed E-state index contributed by atoms with van der Waals surface area (Å²) in [5.41, 5.74) is 1.09. The van der Waals surface area contributed by atoms with E-state index in [-0.39, 0.29) is 17.4 Å². The molecule has 1 unspecified atom stereocenters. The first-order valence-corrected chi connectivity index (χ1v) is 10.0. The summed E-state index contributed by atoms with van der Waals surface area (Å²) in [6.45, 7) is 1.77. The molecule has 2 heterocycles. The summed E-state index contributed by atoms with van der Waals surface area (Å²) in [6, 6.07) is 18.6. The number of nitrogens with one attached hydrogen (secondary N) is 1. The third-order valence-electron chi connectivity index (χ3n) is 5.26. The number of halogens is 1. The highest BCUT2D eigenvalue weighted by Crippen LogP contribution is 2.22. The largest absolute Gasteiger partial charge is 0.354 e. The van der Waals surface area contributed by atoms with Crippen molar-refractivity contribution in [3.63, 3.8) is 0 Å². The van der Waals surface area contributed by atoms with E-state index in [9.17, 15) is 14.0 Å². The predicted molar refractivity (Wildman–Crippen MR) is 113 cm³/mol. The maximum atomic E-state index is 13.6. The Morgan fingerprint density at radius 1 is 1.10 bits per heavy atom. The van der Waals surface area contributed by atoms with Crippen molar-refractivity contribution in [1.29, 1.82) is 0 Å². The number of amides is 1. The van der Waals surface area contributed by atoms with Gasteiger partial charge in [-0.15, -0.1) is 5.10 Å². The summed E-state index contributed by atoms with van der Waals surface area (Å²) in [7, 11) is 0. The molecule has 1 aromatic heterocycles. The van der Waals surface area contributed by atoms with E-state index in [0.29, 0.717) is 24.6 Å². The van der Waals surface area contributed by atoms with Gasteiger partial charge >= 0.3 is 0 Å². The second-order valence-electron chi connectivity index (χ2n) is 7.41. The summed E-state index contributed by atoms with van der Waals surface area (Å²) in [5.74, 6) is 0.0277. The van der Waals surface area contributed by atoms with Gasteiger partial charge in [0, 0.05) is 25.7 Å². The Bertz CT molecular complexity index is 1080. The van der Waals surface area contributed by atoms with Gasteiger partial charge in [0.2, 0.25) is 5.91 Å². The Balaban J connectivity index is 1.47. The molecule has 2 aromatic carbocycles. The van der Waals surface area contributed by atoms with Gasteiger partial charge in [-0.1, -0.05) is 36.4 Å². The second-order valence-corrected chi connectivity index (χ2v) is 7.41. The van der Waals surface area contributed by atoms with Gasteiger partial charge in [-0.3, -0.25) is 9.59 Å². The Hall–Kier alpha value is -3.48. The van der Waals surface area contributed by atoms with Crippen molar-refractivity contribution in [2.75, 3.05) is 18.0 Å². The lowest BCUT2D eigenvalue weighted by molar-refractivity contribution is -0.125. The summed E-state index contributed by atoms with van der Waals surface area (Å²) in [6.07, 6.45) is 1.66. The second kappa shape index (κ2) is 8.90. The molecule has 1 fully saturated rings. The Kier molecular flexibility index (Phi) is 5.88. The van der Waals surface area contributed by atoms with Crippen molar-refractivity contribution in [3.05, 3.63) is 88.5 Å². The number of carbonyl (C=O) groups excluding carboxylic acids is 1. The first kappa shape index (κ1) is 19.8. The molecule has 154 valence electrons. The third-order valence-corrected chi connectivity index (χ3v) is 5.26. The van der Waals surface area contributed by atoms with E-state index in [4.69, 9.17) is 0 Å². The van der Waals surface area contributed by atoms with Gasteiger partial charge in [-0.05, 0) is 42.7 Å². The number of anilines is 1. The van der Waals surface area contributed by atoms with Crippen LogP contribution in [-0.4, -0.2) is 28.8 Å². The van der Waals surface area contributed by atoms with E-state index >= 15 is 0 Å². The highest BCUT2D eigenvalue weighted by Gasteiger charge is 2.26. The molecule has 0 aliphatic carbocycles. The SMILES string of the molecule is O=C(NCc1ccccc1)C1CCCN(c2ccc(=O)n(-c3cccc(F)c3)n2)C1. The highest BCUT2D eigenvalue weighted by atomic mass is 19.1. The normalized spacial score (nSPS) is 16.3. The molecular formula is C23H23FN4O2. The van der Waals surface area contributed by atoms with Gasteiger partial charge in [-0.2, -0.15) is 4.68 Å². The fourth-order valence-corrected chi connectivity index (χ4v) is 3.69. The third kappa shape index (κ3) is 4.56. The zero-order chi connectivity index (χ0) is 20.9. The lowest BCUT2D eigenvalue weighted by atomic mass is 9.97. The van der Waals surface area contributed by atoms with E-state index in [1.54, 1.807) is 18.2 Å². The molecular weight excluding hydrogens is 383 g/mol. The van der Waals surface area contributed by atoms with Crippen molar-refractivity contribution >= 4 is 11.7 Å². The average Bonchev–Trinajstić information content (AvgIpc) is 2.78. The fourth-order valence-electron chi connectivity index (χ4n) is 3.69. The van der Waals surface area contributed by atoms with Crippen molar-refractivity contribution < 1.29 is 9.18 Å². The maximum Gasteiger partial charge on any atom is 0.271 e. The van der Waals surface area contributed by atoms with Crippen LogP contribution in [0.2, 0.25) is 0 Å². The van der Waals surface area contributed by atoms with Crippen LogP contribution in [-0.2, 0) is 11.3 Å². The molecule has 7 heteroatoms. The monoisotopic (exact) mass is 406 g/mol. The van der Waals surface area contributed by atoms with Gasteiger partial charge in [-0.25, -0.2) is 4.39 Å². The van der Waals surface area contributed by atoms with Crippen LogP contribution >= 0.6 is 0 Å². The van der Waals surface area contributed by atoms with Crippen LogP contribution in [0.4, 0.5) is 10.2 Å². The smallest absolute Gasteiger partial charge is 0.271 e. The van der Waals surface area contributed by atoms with E-state index in [1.807, 2.05) is 35.2 Å². The van der Waals surface area contributed by atoms with Crippen LogP contribution in [0.15, 0.2) is 71.5 Å². The lowest BCUT2D eigenvalue weighted by Gasteiger charge is -2.33. The number of hydrogen-bond acceptors (Lipinski definition) is 4. The molecule has 1 amide bonds. The Morgan fingerprint density at radius 3 is 2.73 bits per heavy atom. The molecule has 1 atom stereocenters. The quantitative estimate of drug-likeness (QED) is 0.708. The average molecular weight is 406 g/mol. The number of nitrogens with zero attached hydrogens (tertiary/aromatic N) is 3. The van der Waals surface area contributed by atoms with Gasteiger partial charge in [0.05, 0.1) is 11.6 Å². The molecule has 1 aliphatic heterocycles. The lowest BCUT2D eigenvalue weighted by Crippen LogP contribution is -2.43. The van der Waals surface area contributed by atoms with E-state index in [2.05, 4.69) is 10.4 Å². The molecule has 1 aliphatic rings. The summed E-state index contributed by atoms with van der Waals surface area (Å²) < 4.78 is 14.8. The van der Waals surface area contributed by atoms with Crippen molar-refractivity contribution in [2.24, 2.45) is 5.92 Å². The standard InChI is InChI=1S/C23H23FN4O2/c24-19-9-4-10-20(14-19)28-22(29)12-11-21(26-28)27-13-5-8-18(16-27)23(30)25-15-17-6-2-1-3-7-17/h1-4,6-7,9-12,14,18H,5,8,13,15-16H2,(H,25,30). The molecule has 0 saturated carbocycles. The summed E-state index contributed by atoms with van der Waals surface area (Å²) in [4.78, 5) is 26.9. The molecule has 0 bridgehead atoms. The molecule has 0 radical (unpaired) electrons. The molecule has 3 aromatic rings. The number of rotatable bonds is 5. The predicted octanol–water partition coefficient (Wildman–Crippen LogP) is 2.90. The fraction of sp³-hybridized carbons (Fsp3) is 0.261. The minimum Gasteiger partial charge on any atom is -0.354 e. The number of hydrogen-bond donors (Lipinski definition) is 1. The number of benzene rings is 2. The first-order valence-electron chi connectivity index (χ1n) is 10.0. The molecule has 30 heavy (non-hydrogen) atoms. The van der Waals surface area contributed by atoms with Gasteiger partial charge in [0.25, 0.3) is 5.56 Å². The van der Waals surface area contributed by atoms with Crippen molar-refractivity contribution in [1.82, 2.24) is 15.1 Å². The van der Waals surface area contributed by atoms with Gasteiger partial charge < -0.3 is 10.2 Å². The van der Waals surface area contributed by atoms with Gasteiger partial charge in [0.1, 0.15) is 11.6 Å². The van der Waals surface area contributed by atoms with Crippen molar-refractivity contribution in [2.45, 2.75) is 19.4 Å². The van der Waals surface area contributed by atoms with Crippen LogP contribution in [0.25, 0.3) is 5.69 Å². The minimum atomic E-state index is -0.431. The maximum absolute atomic E-state index is 13.6. The number of piperidine rings is 1. The van der Waals surface area contributed by atoms with Crippen molar-refractivity contribution in [3.8, 4) is 5.69 Å². The Morgan fingerprint density at radius 2 is 1.93 bits per heavy atom. The highest BCUT2D eigenvalue weighted by molar-refractivity contribution is 5.79. The molecule has 1 N–H and O–H groups in total. The molecule has 6 nitrogen and oxygen atoms in total. The number of aromatic nitrogens is 2. The molecule has 4 rings (SSSR count). The summed E-state index contributed by atoms with van der Waals surface area (Å²) >= 11 is 0. The van der Waals surface area contributed by atoms with Crippen LogP contribution in [0, 0.1) is 11.7 Å². The first-order chi connectivity index (χ1) is 14.6. The van der Waals surface area contributed by atoms with Crippen LogP contribution in [0.3, 0.4) is 0 Å². The van der Waals surface area contributed by atoms with Crippen LogP contribution < -0.4 is 15.8 Å². The topological polar surface area (TPSA) is 67.2 Å². The number of carbonyl (C=O) groups is 1. The van der Waals surface area contributed by atoms with Crippen LogP contribution in [0.5, 0.6) is 0 Å². The minimum absolute atomic E-state index is 0.0157. The molecule has 0 spiro atoms. The van der Waals surface area contributed by atoms with E-state index in [1.165, 1.54) is 22.9 Å².